The zero-order chi connectivity index (χ0) is 19.1. The van der Waals surface area contributed by atoms with E-state index in [0.29, 0.717) is 41.7 Å². The third-order valence-electron chi connectivity index (χ3n) is 3.64. The van der Waals surface area contributed by atoms with Gasteiger partial charge in [0.2, 0.25) is 5.89 Å². The van der Waals surface area contributed by atoms with Crippen LogP contribution in [0, 0.1) is 0 Å². The van der Waals surface area contributed by atoms with Crippen molar-refractivity contribution in [3.8, 4) is 11.5 Å². The average molecular weight is 361 g/mol. The highest BCUT2D eigenvalue weighted by Crippen LogP contribution is 2.28. The van der Waals surface area contributed by atoms with Crippen molar-refractivity contribution in [2.75, 3.05) is 13.7 Å². The van der Waals surface area contributed by atoms with Gasteiger partial charge in [-0.25, -0.2) is 0 Å². The van der Waals surface area contributed by atoms with Crippen molar-refractivity contribution in [3.63, 3.8) is 0 Å². The van der Waals surface area contributed by atoms with Gasteiger partial charge in [0.25, 0.3) is 5.91 Å². The van der Waals surface area contributed by atoms with Crippen molar-refractivity contribution >= 4 is 5.91 Å². The number of nitrogens with one attached hydrogen (secondary N) is 1. The van der Waals surface area contributed by atoms with Crippen LogP contribution in [0.25, 0.3) is 0 Å². The van der Waals surface area contributed by atoms with Gasteiger partial charge in [0.15, 0.2) is 17.3 Å². The summed E-state index contributed by atoms with van der Waals surface area (Å²) in [6, 6.07) is 5.15. The van der Waals surface area contributed by atoms with E-state index < -0.39 is 0 Å². The van der Waals surface area contributed by atoms with Gasteiger partial charge in [-0.2, -0.15) is 4.98 Å². The number of benzene rings is 1. The van der Waals surface area contributed by atoms with Gasteiger partial charge in [0, 0.05) is 24.4 Å². The van der Waals surface area contributed by atoms with Crippen LogP contribution < -0.4 is 14.8 Å². The summed E-state index contributed by atoms with van der Waals surface area (Å²) >= 11 is 0. The summed E-state index contributed by atoms with van der Waals surface area (Å²) in [6.07, 6.45) is 1.38. The molecule has 0 saturated heterocycles. The largest absolute Gasteiger partial charge is 0.493 e. The number of nitrogens with zero attached hydrogens (tertiary/aromatic N) is 2. The van der Waals surface area contributed by atoms with E-state index in [1.807, 2.05) is 27.7 Å². The summed E-state index contributed by atoms with van der Waals surface area (Å²) in [4.78, 5) is 16.6. The van der Waals surface area contributed by atoms with Gasteiger partial charge in [-0.05, 0) is 38.5 Å². The Morgan fingerprint density at radius 1 is 1.23 bits per heavy atom. The second kappa shape index (κ2) is 9.22. The number of amides is 1. The fraction of sp³-hybridized carbons (Fsp3) is 0.526. The van der Waals surface area contributed by atoms with Gasteiger partial charge in [0.1, 0.15) is 0 Å². The first-order valence-corrected chi connectivity index (χ1v) is 8.86. The number of carbonyl (C=O) groups excluding carboxylic acids is 1. The first kappa shape index (κ1) is 19.8. The third-order valence-corrected chi connectivity index (χ3v) is 3.64. The Morgan fingerprint density at radius 2 is 2.00 bits per heavy atom. The highest BCUT2D eigenvalue weighted by molar-refractivity contribution is 5.94. The third kappa shape index (κ3) is 5.47. The molecule has 0 saturated carbocycles. The first-order chi connectivity index (χ1) is 12.4. The van der Waals surface area contributed by atoms with Gasteiger partial charge in [-0.3, -0.25) is 4.79 Å². The van der Waals surface area contributed by atoms with Crippen LogP contribution in [0.5, 0.6) is 11.5 Å². The van der Waals surface area contributed by atoms with Gasteiger partial charge < -0.3 is 19.3 Å². The van der Waals surface area contributed by atoms with Gasteiger partial charge >= 0.3 is 0 Å². The van der Waals surface area contributed by atoms with E-state index in [4.69, 9.17) is 14.0 Å². The molecule has 0 spiro atoms. The molecule has 0 fully saturated rings. The molecule has 1 amide bonds. The Balaban J connectivity index is 1.85. The zero-order valence-electron chi connectivity index (χ0n) is 16.0. The maximum absolute atomic E-state index is 12.3. The lowest BCUT2D eigenvalue weighted by Gasteiger charge is -2.14. The van der Waals surface area contributed by atoms with E-state index >= 15 is 0 Å². The molecule has 0 atom stereocenters. The van der Waals surface area contributed by atoms with Crippen LogP contribution in [0.2, 0.25) is 0 Å². The van der Waals surface area contributed by atoms with Gasteiger partial charge in [-0.1, -0.05) is 19.0 Å². The maximum Gasteiger partial charge on any atom is 0.251 e. The van der Waals surface area contributed by atoms with E-state index in [2.05, 4.69) is 15.5 Å². The minimum absolute atomic E-state index is 0.0319. The molecule has 142 valence electrons. The lowest BCUT2D eigenvalue weighted by atomic mass is 10.2. The van der Waals surface area contributed by atoms with Crippen molar-refractivity contribution < 1.29 is 18.8 Å². The highest BCUT2D eigenvalue weighted by atomic mass is 16.5. The molecule has 0 bridgehead atoms. The average Bonchev–Trinajstić information content (AvgIpc) is 3.07. The summed E-state index contributed by atoms with van der Waals surface area (Å²) in [5.41, 5.74) is 0.526. The molecule has 1 aromatic heterocycles. The summed E-state index contributed by atoms with van der Waals surface area (Å²) < 4.78 is 16.2. The molecule has 1 aromatic carbocycles. The standard InChI is InChI=1S/C19H27N3O4/c1-12(2)18-21-17(26-22-18)7-6-10-20-19(23)14-8-9-15(25-13(3)4)16(11-14)24-5/h8-9,11-13H,6-7,10H2,1-5H3,(H,20,23). The predicted molar refractivity (Wildman–Crippen MR) is 97.8 cm³/mol. The van der Waals surface area contributed by atoms with E-state index in [9.17, 15) is 4.79 Å². The number of hydrogen-bond acceptors (Lipinski definition) is 6. The Hall–Kier alpha value is -2.57. The second-order valence-electron chi connectivity index (χ2n) is 6.59. The maximum atomic E-state index is 12.3. The summed E-state index contributed by atoms with van der Waals surface area (Å²) in [5, 5.41) is 6.81. The molecular weight excluding hydrogens is 334 g/mol. The number of aromatic nitrogens is 2. The summed E-state index contributed by atoms with van der Waals surface area (Å²) in [5.74, 6) is 2.55. The molecule has 7 nitrogen and oxygen atoms in total. The van der Waals surface area contributed by atoms with E-state index in [1.54, 1.807) is 25.3 Å². The number of carbonyl (C=O) groups is 1. The molecular formula is C19H27N3O4. The summed E-state index contributed by atoms with van der Waals surface area (Å²) in [6.45, 7) is 8.42. The Kier molecular flexibility index (Phi) is 7.00. The molecule has 1 N–H and O–H groups in total. The Labute approximate surface area is 154 Å². The Bertz CT molecular complexity index is 725. The molecule has 26 heavy (non-hydrogen) atoms. The quantitative estimate of drug-likeness (QED) is 0.689. The second-order valence-corrected chi connectivity index (χ2v) is 6.59. The van der Waals surface area contributed by atoms with Crippen LogP contribution in [0.1, 0.15) is 62.1 Å². The molecule has 0 aliphatic heterocycles. The van der Waals surface area contributed by atoms with Gasteiger partial charge in [0.05, 0.1) is 13.2 Å². The molecule has 0 unspecified atom stereocenters. The lowest BCUT2D eigenvalue weighted by molar-refractivity contribution is 0.0952. The molecule has 0 radical (unpaired) electrons. The topological polar surface area (TPSA) is 86.5 Å². The number of rotatable bonds is 9. The van der Waals surface area contributed by atoms with Crippen molar-refractivity contribution in [2.45, 2.75) is 52.6 Å². The van der Waals surface area contributed by atoms with Crippen LogP contribution >= 0.6 is 0 Å². The van der Waals surface area contributed by atoms with E-state index in [-0.39, 0.29) is 17.9 Å². The van der Waals surface area contributed by atoms with Crippen molar-refractivity contribution in [1.29, 1.82) is 0 Å². The van der Waals surface area contributed by atoms with E-state index in [1.165, 1.54) is 0 Å². The van der Waals surface area contributed by atoms with Crippen molar-refractivity contribution in [3.05, 3.63) is 35.5 Å². The molecule has 7 heteroatoms. The van der Waals surface area contributed by atoms with E-state index in [0.717, 1.165) is 6.42 Å². The first-order valence-electron chi connectivity index (χ1n) is 8.86. The van der Waals surface area contributed by atoms with Crippen LogP contribution in [0.3, 0.4) is 0 Å². The van der Waals surface area contributed by atoms with Crippen LogP contribution in [0.15, 0.2) is 22.7 Å². The normalized spacial score (nSPS) is 11.0. The minimum atomic E-state index is -0.159. The lowest BCUT2D eigenvalue weighted by Crippen LogP contribution is -2.24. The van der Waals surface area contributed by atoms with Crippen molar-refractivity contribution in [1.82, 2.24) is 15.5 Å². The molecule has 1 heterocycles. The van der Waals surface area contributed by atoms with Crippen LogP contribution in [-0.2, 0) is 6.42 Å². The molecule has 0 aliphatic carbocycles. The fourth-order valence-electron chi connectivity index (χ4n) is 2.31. The number of ether oxygens (including phenoxy) is 2. The Morgan fingerprint density at radius 3 is 2.62 bits per heavy atom. The highest BCUT2D eigenvalue weighted by Gasteiger charge is 2.13. The van der Waals surface area contributed by atoms with Gasteiger partial charge in [-0.15, -0.1) is 0 Å². The molecule has 2 aromatic rings. The van der Waals surface area contributed by atoms with Crippen molar-refractivity contribution in [2.24, 2.45) is 0 Å². The SMILES string of the molecule is COc1cc(C(=O)NCCCc2nc(C(C)C)no2)ccc1OC(C)C. The number of aryl methyl sites for hydroxylation is 1. The minimum Gasteiger partial charge on any atom is -0.493 e. The smallest absolute Gasteiger partial charge is 0.251 e. The van der Waals surface area contributed by atoms with Crippen LogP contribution in [-0.4, -0.2) is 35.8 Å². The zero-order valence-corrected chi connectivity index (χ0v) is 16.0. The predicted octanol–water partition coefficient (Wildman–Crippen LogP) is 3.35. The molecule has 0 aliphatic rings. The number of methoxy groups -OCH3 is 1. The fourth-order valence-corrected chi connectivity index (χ4v) is 2.31. The monoisotopic (exact) mass is 361 g/mol. The molecule has 2 rings (SSSR count). The summed E-state index contributed by atoms with van der Waals surface area (Å²) in [7, 11) is 1.56. The number of hydrogen-bond donors (Lipinski definition) is 1. The van der Waals surface area contributed by atoms with Crippen LogP contribution in [0.4, 0.5) is 0 Å².